The molecule has 2 aromatic heterocycles. The van der Waals surface area contributed by atoms with Crippen LogP contribution in [0, 0.1) is 5.92 Å². The van der Waals surface area contributed by atoms with Crippen LogP contribution in [0.2, 0.25) is 0 Å². The van der Waals surface area contributed by atoms with Crippen LogP contribution in [0.5, 0.6) is 0 Å². The molecule has 0 saturated heterocycles. The van der Waals surface area contributed by atoms with Gasteiger partial charge in [-0.3, -0.25) is 4.79 Å². The lowest BCUT2D eigenvalue weighted by Crippen LogP contribution is -2.19. The van der Waals surface area contributed by atoms with Crippen molar-refractivity contribution >= 4 is 39.3 Å². The number of benzene rings is 1. The zero-order valence-electron chi connectivity index (χ0n) is 16.2. The van der Waals surface area contributed by atoms with Crippen LogP contribution in [0.25, 0.3) is 10.2 Å². The molecule has 0 aliphatic heterocycles. The number of fused-ring (bicyclic) bond motifs is 3. The molecule has 0 bridgehead atoms. The molecule has 0 amide bonds. The Morgan fingerprint density at radius 1 is 1.32 bits per heavy atom. The Balaban J connectivity index is 1.53. The molecule has 1 aliphatic carbocycles. The molecular formula is C22H24N2O2S2. The third-order valence-corrected chi connectivity index (χ3v) is 7.67. The van der Waals surface area contributed by atoms with Crippen molar-refractivity contribution in [3.8, 4) is 0 Å². The lowest BCUT2D eigenvalue weighted by atomic mass is 9.89. The van der Waals surface area contributed by atoms with E-state index in [1.807, 2.05) is 37.3 Å². The number of hydrogen-bond donors (Lipinski definition) is 0. The number of thiophene rings is 1. The fourth-order valence-corrected chi connectivity index (χ4v) is 6.05. The summed E-state index contributed by atoms with van der Waals surface area (Å²) in [5.41, 5.74) is 2.40. The van der Waals surface area contributed by atoms with Gasteiger partial charge < -0.3 is 4.74 Å². The minimum absolute atomic E-state index is 0.180. The molecule has 0 spiro atoms. The summed E-state index contributed by atoms with van der Waals surface area (Å²) < 4.78 is 5.57. The summed E-state index contributed by atoms with van der Waals surface area (Å²) in [4.78, 5) is 24.2. The summed E-state index contributed by atoms with van der Waals surface area (Å²) in [6.07, 6.45) is 5.73. The van der Waals surface area contributed by atoms with Crippen molar-refractivity contribution in [2.75, 3.05) is 0 Å². The van der Waals surface area contributed by atoms with Gasteiger partial charge in [-0.15, -0.1) is 11.3 Å². The molecular weight excluding hydrogens is 388 g/mol. The summed E-state index contributed by atoms with van der Waals surface area (Å²) in [5.74, 6) is 0.543. The van der Waals surface area contributed by atoms with E-state index in [0.29, 0.717) is 13.0 Å². The second-order valence-corrected chi connectivity index (χ2v) is 9.59. The van der Waals surface area contributed by atoms with E-state index in [0.717, 1.165) is 39.6 Å². The van der Waals surface area contributed by atoms with Crippen LogP contribution in [0.4, 0.5) is 0 Å². The second kappa shape index (κ2) is 8.62. The normalized spacial score (nSPS) is 17.3. The van der Waals surface area contributed by atoms with Crippen LogP contribution in [0.1, 0.15) is 42.7 Å². The number of nitrogens with zero attached hydrogens (tertiary/aromatic N) is 2. The van der Waals surface area contributed by atoms with E-state index < -0.39 is 0 Å². The Hall–Kier alpha value is -1.92. The number of aromatic nitrogens is 2. The monoisotopic (exact) mass is 412 g/mol. The standard InChI is InChI=1S/C22H24N2O2S2/c1-3-17(22(25)26-12-15-7-5-4-6-8-15)27-20-19-16-10-9-14(2)11-18(16)28-21(19)24-13-23-20/h4-8,13-14,17H,3,9-12H2,1-2H3/t14-,17-/m0/s1. The fourth-order valence-electron chi connectivity index (χ4n) is 3.59. The zero-order valence-corrected chi connectivity index (χ0v) is 17.8. The predicted molar refractivity (Wildman–Crippen MR) is 115 cm³/mol. The number of esters is 1. The van der Waals surface area contributed by atoms with Gasteiger partial charge in [0, 0.05) is 10.3 Å². The van der Waals surface area contributed by atoms with Crippen molar-refractivity contribution in [2.45, 2.75) is 56.4 Å². The quantitative estimate of drug-likeness (QED) is 0.307. The van der Waals surface area contributed by atoms with Crippen LogP contribution in [0.3, 0.4) is 0 Å². The Morgan fingerprint density at radius 2 is 2.14 bits per heavy atom. The smallest absolute Gasteiger partial charge is 0.319 e. The first-order valence-corrected chi connectivity index (χ1v) is 11.5. The molecule has 28 heavy (non-hydrogen) atoms. The predicted octanol–water partition coefficient (Wildman–Crippen LogP) is 5.43. The number of carbonyl (C=O) groups is 1. The molecule has 1 aliphatic rings. The molecule has 0 fully saturated rings. The highest BCUT2D eigenvalue weighted by atomic mass is 32.2. The Labute approximate surface area is 173 Å². The number of hydrogen-bond acceptors (Lipinski definition) is 6. The Bertz CT molecular complexity index is 971. The molecule has 2 heterocycles. The van der Waals surface area contributed by atoms with Crippen molar-refractivity contribution in [1.29, 1.82) is 0 Å². The largest absolute Gasteiger partial charge is 0.460 e. The van der Waals surface area contributed by atoms with E-state index in [9.17, 15) is 4.79 Å². The van der Waals surface area contributed by atoms with Crippen LogP contribution in [0.15, 0.2) is 41.7 Å². The SMILES string of the molecule is CC[C@H](Sc1ncnc2sc3c(c12)CC[C@H](C)C3)C(=O)OCc1ccccc1. The minimum Gasteiger partial charge on any atom is -0.460 e. The summed E-state index contributed by atoms with van der Waals surface area (Å²) in [6.45, 7) is 4.64. The van der Waals surface area contributed by atoms with Gasteiger partial charge in [0.2, 0.25) is 0 Å². The first-order chi connectivity index (χ1) is 13.7. The lowest BCUT2D eigenvalue weighted by molar-refractivity contribution is -0.144. The molecule has 4 nitrogen and oxygen atoms in total. The van der Waals surface area contributed by atoms with E-state index in [1.165, 1.54) is 28.6 Å². The van der Waals surface area contributed by atoms with Gasteiger partial charge in [0.25, 0.3) is 0 Å². The van der Waals surface area contributed by atoms with E-state index in [4.69, 9.17) is 4.74 Å². The maximum Gasteiger partial charge on any atom is 0.319 e. The summed E-state index contributed by atoms with van der Waals surface area (Å²) >= 11 is 3.31. The van der Waals surface area contributed by atoms with Crippen molar-refractivity contribution in [1.82, 2.24) is 9.97 Å². The van der Waals surface area contributed by atoms with Gasteiger partial charge in [0.15, 0.2) is 0 Å². The fraction of sp³-hybridized carbons (Fsp3) is 0.409. The number of thioether (sulfide) groups is 1. The summed E-state index contributed by atoms with van der Waals surface area (Å²) in [7, 11) is 0. The van der Waals surface area contributed by atoms with Crippen LogP contribution in [-0.2, 0) is 29.0 Å². The van der Waals surface area contributed by atoms with Crippen molar-refractivity contribution in [3.05, 3.63) is 52.7 Å². The van der Waals surface area contributed by atoms with Crippen LogP contribution in [-0.4, -0.2) is 21.2 Å². The number of rotatable bonds is 6. The van der Waals surface area contributed by atoms with Gasteiger partial charge in [0.1, 0.15) is 28.0 Å². The number of aryl methyl sites for hydroxylation is 1. The maximum absolute atomic E-state index is 12.7. The van der Waals surface area contributed by atoms with Gasteiger partial charge in [0.05, 0.1) is 0 Å². The second-order valence-electron chi connectivity index (χ2n) is 7.32. The van der Waals surface area contributed by atoms with Gasteiger partial charge in [-0.25, -0.2) is 9.97 Å². The minimum atomic E-state index is -0.264. The maximum atomic E-state index is 12.7. The van der Waals surface area contributed by atoms with Crippen LogP contribution >= 0.6 is 23.1 Å². The molecule has 1 aromatic carbocycles. The third kappa shape index (κ3) is 4.08. The average Bonchev–Trinajstić information content (AvgIpc) is 3.09. The van der Waals surface area contributed by atoms with Gasteiger partial charge in [-0.05, 0) is 42.7 Å². The molecule has 146 valence electrons. The van der Waals surface area contributed by atoms with E-state index in [2.05, 4.69) is 16.9 Å². The molecule has 0 saturated carbocycles. The highest BCUT2D eigenvalue weighted by Gasteiger charge is 2.26. The van der Waals surface area contributed by atoms with Crippen molar-refractivity contribution in [2.24, 2.45) is 5.92 Å². The van der Waals surface area contributed by atoms with Crippen LogP contribution < -0.4 is 0 Å². The van der Waals surface area contributed by atoms with Gasteiger partial charge in [-0.1, -0.05) is 55.9 Å². The van der Waals surface area contributed by atoms with Gasteiger partial charge in [-0.2, -0.15) is 0 Å². The Morgan fingerprint density at radius 3 is 2.93 bits per heavy atom. The first kappa shape index (κ1) is 19.4. The highest BCUT2D eigenvalue weighted by molar-refractivity contribution is 8.00. The molecule has 4 rings (SSSR count). The third-order valence-electron chi connectivity index (χ3n) is 5.17. The molecule has 3 aromatic rings. The molecule has 0 N–H and O–H groups in total. The molecule has 0 unspecified atom stereocenters. The summed E-state index contributed by atoms with van der Waals surface area (Å²) in [6, 6.07) is 9.79. The average molecular weight is 413 g/mol. The lowest BCUT2D eigenvalue weighted by Gasteiger charge is -2.18. The Kier molecular flexibility index (Phi) is 5.97. The first-order valence-electron chi connectivity index (χ1n) is 9.78. The number of carbonyl (C=O) groups excluding carboxylic acids is 1. The number of ether oxygens (including phenoxy) is 1. The van der Waals surface area contributed by atoms with E-state index in [-0.39, 0.29) is 11.2 Å². The molecule has 0 radical (unpaired) electrons. The zero-order chi connectivity index (χ0) is 19.5. The summed E-state index contributed by atoms with van der Waals surface area (Å²) in [5, 5.41) is 1.81. The van der Waals surface area contributed by atoms with Crippen molar-refractivity contribution in [3.63, 3.8) is 0 Å². The van der Waals surface area contributed by atoms with E-state index >= 15 is 0 Å². The van der Waals surface area contributed by atoms with Gasteiger partial charge >= 0.3 is 5.97 Å². The van der Waals surface area contributed by atoms with Crippen molar-refractivity contribution < 1.29 is 9.53 Å². The molecule has 2 atom stereocenters. The molecule has 6 heteroatoms. The topological polar surface area (TPSA) is 52.1 Å². The highest BCUT2D eigenvalue weighted by Crippen LogP contribution is 2.41. The van der Waals surface area contributed by atoms with E-state index in [1.54, 1.807) is 17.7 Å².